The minimum atomic E-state index is -0.135. The number of hydrogen-bond donors (Lipinski definition) is 1. The van der Waals surface area contributed by atoms with Crippen molar-refractivity contribution in [2.75, 3.05) is 19.0 Å². The number of allylic oxidation sites excluding steroid dienone is 2. The minimum absolute atomic E-state index is 0.0615. The zero-order valence-corrected chi connectivity index (χ0v) is 15.8. The van der Waals surface area contributed by atoms with Crippen LogP contribution >= 0.6 is 11.3 Å². The molecule has 1 amide bonds. The Kier molecular flexibility index (Phi) is 3.97. The Balaban J connectivity index is 1.50. The summed E-state index contributed by atoms with van der Waals surface area (Å²) in [5, 5.41) is 9.71. The molecule has 138 valence electrons. The van der Waals surface area contributed by atoms with Gasteiger partial charge in [-0.25, -0.2) is 4.68 Å². The highest BCUT2D eigenvalue weighted by Crippen LogP contribution is 2.42. The zero-order valence-electron chi connectivity index (χ0n) is 15.0. The first-order valence-corrected chi connectivity index (χ1v) is 10.0. The van der Waals surface area contributed by atoms with Gasteiger partial charge in [-0.2, -0.15) is 5.10 Å². The molecule has 2 bridgehead atoms. The number of aromatic nitrogens is 1. The summed E-state index contributed by atoms with van der Waals surface area (Å²) in [5.74, 6) is 2.40. The standard InChI is InChI=1S/C20H20N4O2S/c1-21-20-24(22-9-15-7-12-2-3-13(15)6-12)17(11-27-20)14-4-5-18-16(8-14)23-19(25)10-26-18/h2-5,8-9,11-13,15H,6-7,10H2,1H3,(H,23,25). The number of rotatable bonds is 3. The summed E-state index contributed by atoms with van der Waals surface area (Å²) in [6.45, 7) is 0.0615. The smallest absolute Gasteiger partial charge is 0.262 e. The predicted molar refractivity (Wildman–Crippen MR) is 106 cm³/mol. The lowest BCUT2D eigenvalue weighted by Crippen LogP contribution is -2.25. The number of ether oxygens (including phenoxy) is 1. The van der Waals surface area contributed by atoms with E-state index in [1.54, 1.807) is 18.4 Å². The molecule has 3 unspecified atom stereocenters. The lowest BCUT2D eigenvalue weighted by Gasteiger charge is -2.18. The normalized spacial score (nSPS) is 26.5. The highest BCUT2D eigenvalue weighted by Gasteiger charge is 2.34. The molecule has 5 rings (SSSR count). The predicted octanol–water partition coefficient (Wildman–Crippen LogP) is 3.12. The molecule has 0 saturated heterocycles. The van der Waals surface area contributed by atoms with Crippen LogP contribution in [0, 0.1) is 17.8 Å². The van der Waals surface area contributed by atoms with E-state index in [0.717, 1.165) is 22.0 Å². The number of fused-ring (bicyclic) bond motifs is 3. The topological polar surface area (TPSA) is 68.0 Å². The number of anilines is 1. The van der Waals surface area contributed by atoms with E-state index in [0.29, 0.717) is 23.3 Å². The maximum absolute atomic E-state index is 11.6. The molecule has 1 aromatic carbocycles. The van der Waals surface area contributed by atoms with E-state index < -0.39 is 0 Å². The van der Waals surface area contributed by atoms with Gasteiger partial charge in [-0.3, -0.25) is 9.79 Å². The lowest BCUT2D eigenvalue weighted by molar-refractivity contribution is -0.118. The van der Waals surface area contributed by atoms with Crippen LogP contribution in [0.25, 0.3) is 11.3 Å². The summed E-state index contributed by atoms with van der Waals surface area (Å²) in [6, 6.07) is 5.81. The van der Waals surface area contributed by atoms with Gasteiger partial charge in [-0.15, -0.1) is 11.3 Å². The van der Waals surface area contributed by atoms with Crippen LogP contribution < -0.4 is 14.9 Å². The highest BCUT2D eigenvalue weighted by molar-refractivity contribution is 7.07. The van der Waals surface area contributed by atoms with E-state index >= 15 is 0 Å². The van der Waals surface area contributed by atoms with E-state index in [2.05, 4.69) is 28.7 Å². The van der Waals surface area contributed by atoms with Gasteiger partial charge in [-0.05, 0) is 42.9 Å². The Morgan fingerprint density at radius 2 is 2.26 bits per heavy atom. The molecular weight excluding hydrogens is 360 g/mol. The zero-order chi connectivity index (χ0) is 18.4. The Labute approximate surface area is 160 Å². The van der Waals surface area contributed by atoms with Crippen molar-refractivity contribution in [1.29, 1.82) is 0 Å². The van der Waals surface area contributed by atoms with Crippen LogP contribution in [0.2, 0.25) is 0 Å². The fourth-order valence-electron chi connectivity index (χ4n) is 4.15. The molecule has 1 saturated carbocycles. The third-order valence-electron chi connectivity index (χ3n) is 5.49. The molecule has 7 heteroatoms. The van der Waals surface area contributed by atoms with Gasteiger partial charge in [-0.1, -0.05) is 12.2 Å². The van der Waals surface area contributed by atoms with Crippen LogP contribution in [-0.4, -0.2) is 30.5 Å². The monoisotopic (exact) mass is 380 g/mol. The summed E-state index contributed by atoms with van der Waals surface area (Å²) in [7, 11) is 1.78. The molecule has 1 aliphatic heterocycles. The van der Waals surface area contributed by atoms with Crippen LogP contribution in [-0.2, 0) is 4.79 Å². The molecule has 27 heavy (non-hydrogen) atoms. The summed E-state index contributed by atoms with van der Waals surface area (Å²) < 4.78 is 7.35. The molecule has 1 fully saturated rings. The molecule has 6 nitrogen and oxygen atoms in total. The van der Waals surface area contributed by atoms with Crippen molar-refractivity contribution < 1.29 is 9.53 Å². The number of carbonyl (C=O) groups is 1. The van der Waals surface area contributed by atoms with Gasteiger partial charge >= 0.3 is 0 Å². The van der Waals surface area contributed by atoms with Gasteiger partial charge in [0.15, 0.2) is 6.61 Å². The van der Waals surface area contributed by atoms with Gasteiger partial charge in [0.05, 0.1) is 11.4 Å². The SMILES string of the molecule is CN=c1scc(-c2ccc3c(c2)NC(=O)CO3)n1N=CC1CC2C=CC1C2. The Morgan fingerprint density at radius 3 is 3.04 bits per heavy atom. The lowest BCUT2D eigenvalue weighted by atomic mass is 9.95. The van der Waals surface area contributed by atoms with Crippen molar-refractivity contribution in [1.82, 2.24) is 4.68 Å². The van der Waals surface area contributed by atoms with Gasteiger partial charge in [0, 0.05) is 30.1 Å². The molecule has 2 aromatic rings. The average Bonchev–Trinajstić information content (AvgIpc) is 3.40. The number of nitrogens with one attached hydrogen (secondary N) is 1. The van der Waals surface area contributed by atoms with Crippen molar-refractivity contribution in [3.05, 3.63) is 40.5 Å². The number of carbonyl (C=O) groups excluding carboxylic acids is 1. The van der Waals surface area contributed by atoms with Crippen LogP contribution in [0.1, 0.15) is 12.8 Å². The Bertz CT molecular complexity index is 1030. The van der Waals surface area contributed by atoms with Crippen molar-refractivity contribution >= 4 is 29.1 Å². The Hall–Kier alpha value is -2.67. The number of thiazole rings is 1. The first-order chi connectivity index (χ1) is 13.2. The van der Waals surface area contributed by atoms with Gasteiger partial charge in [0.2, 0.25) is 4.80 Å². The van der Waals surface area contributed by atoms with Crippen molar-refractivity contribution in [3.63, 3.8) is 0 Å². The fourth-order valence-corrected chi connectivity index (χ4v) is 4.95. The molecule has 2 aliphatic carbocycles. The highest BCUT2D eigenvalue weighted by atomic mass is 32.1. The van der Waals surface area contributed by atoms with Crippen LogP contribution in [0.15, 0.2) is 45.8 Å². The summed E-state index contributed by atoms with van der Waals surface area (Å²) in [4.78, 5) is 16.8. The van der Waals surface area contributed by atoms with Crippen molar-refractivity contribution in [2.24, 2.45) is 27.8 Å². The van der Waals surface area contributed by atoms with E-state index in [4.69, 9.17) is 9.84 Å². The maximum atomic E-state index is 11.6. The van der Waals surface area contributed by atoms with Gasteiger partial charge in [0.25, 0.3) is 5.91 Å². The van der Waals surface area contributed by atoms with E-state index in [9.17, 15) is 4.79 Å². The quantitative estimate of drug-likeness (QED) is 0.657. The molecule has 2 heterocycles. The molecule has 3 atom stereocenters. The second-order valence-electron chi connectivity index (χ2n) is 7.20. The largest absolute Gasteiger partial charge is 0.482 e. The van der Waals surface area contributed by atoms with E-state index in [1.807, 2.05) is 28.3 Å². The van der Waals surface area contributed by atoms with Crippen molar-refractivity contribution in [2.45, 2.75) is 12.8 Å². The molecule has 0 spiro atoms. The third kappa shape index (κ3) is 2.92. The van der Waals surface area contributed by atoms with Crippen LogP contribution in [0.3, 0.4) is 0 Å². The van der Waals surface area contributed by atoms with Crippen LogP contribution in [0.5, 0.6) is 5.75 Å². The molecule has 1 aromatic heterocycles. The Morgan fingerprint density at radius 1 is 1.33 bits per heavy atom. The molecule has 1 N–H and O–H groups in total. The average molecular weight is 380 g/mol. The van der Waals surface area contributed by atoms with Crippen LogP contribution in [0.4, 0.5) is 5.69 Å². The molecule has 3 aliphatic rings. The van der Waals surface area contributed by atoms with E-state index in [1.165, 1.54) is 12.8 Å². The summed E-state index contributed by atoms with van der Waals surface area (Å²) in [5.41, 5.74) is 2.62. The number of amides is 1. The van der Waals surface area contributed by atoms with E-state index in [-0.39, 0.29) is 12.5 Å². The maximum Gasteiger partial charge on any atom is 0.262 e. The van der Waals surface area contributed by atoms with Gasteiger partial charge < -0.3 is 10.1 Å². The fraction of sp³-hybridized carbons (Fsp3) is 0.350. The first kappa shape index (κ1) is 16.5. The van der Waals surface area contributed by atoms with Crippen molar-refractivity contribution in [3.8, 4) is 17.0 Å². The minimum Gasteiger partial charge on any atom is -0.482 e. The molecular formula is C20H20N4O2S. The third-order valence-corrected chi connectivity index (χ3v) is 6.40. The summed E-state index contributed by atoms with van der Waals surface area (Å²) >= 11 is 1.56. The first-order valence-electron chi connectivity index (χ1n) is 9.14. The number of nitrogens with zero attached hydrogens (tertiary/aromatic N) is 3. The number of hydrogen-bond acceptors (Lipinski definition) is 5. The number of benzene rings is 1. The molecule has 0 radical (unpaired) electrons. The van der Waals surface area contributed by atoms with Gasteiger partial charge in [0.1, 0.15) is 5.75 Å². The second-order valence-corrected chi connectivity index (χ2v) is 8.03. The summed E-state index contributed by atoms with van der Waals surface area (Å²) in [6.07, 6.45) is 9.21. The second kappa shape index (κ2) is 6.49.